The number of nitrogens with two attached hydrogens (primary N) is 3. The van der Waals surface area contributed by atoms with Crippen molar-refractivity contribution in [1.29, 1.82) is 0 Å². The van der Waals surface area contributed by atoms with Crippen molar-refractivity contribution in [1.82, 2.24) is 0 Å². The Hall–Kier alpha value is -2.39. The van der Waals surface area contributed by atoms with Gasteiger partial charge in [0.1, 0.15) is 6.04 Å². The topological polar surface area (TPSA) is 329 Å². The van der Waals surface area contributed by atoms with Crippen LogP contribution in [0.15, 0.2) is 4.99 Å². The van der Waals surface area contributed by atoms with E-state index in [1.807, 2.05) is 0 Å². The van der Waals surface area contributed by atoms with E-state index in [1.54, 1.807) is 0 Å². The second-order valence-electron chi connectivity index (χ2n) is 4.85. The van der Waals surface area contributed by atoms with Gasteiger partial charge < -0.3 is 58.5 Å². The molecule has 0 aromatic heterocycles. The van der Waals surface area contributed by atoms with Crippen molar-refractivity contribution >= 4 is 29.8 Å². The first-order valence-electron chi connectivity index (χ1n) is 6.73. The van der Waals surface area contributed by atoms with Gasteiger partial charge in [-0.3, -0.25) is 14.6 Å². The predicted octanol–water partition coefficient (Wildman–Crippen LogP) is -5.98. The number of carbonyl (C=O) groups is 4. The number of hydrogen-bond donors (Lipinski definition) is 7. The molecule has 0 heterocycles. The van der Waals surface area contributed by atoms with Gasteiger partial charge in [0.2, 0.25) is 0 Å². The number of nitrogens with zero attached hydrogens (tertiary/aromatic N) is 1. The average molecular weight is 469 g/mol. The van der Waals surface area contributed by atoms with Gasteiger partial charge in [0.25, 0.3) is 0 Å². The van der Waals surface area contributed by atoms with Gasteiger partial charge >= 0.3 is 17.9 Å². The van der Waals surface area contributed by atoms with Crippen LogP contribution in [0.2, 0.25) is 0 Å². The number of carbonyl (C=O) groups excluding carboxylic acids is 1. The minimum Gasteiger partial charge on any atom is -0.550 e. The number of carboxylic acid groups (broad SMARTS) is 4. The maximum absolute atomic E-state index is 10.3. The van der Waals surface area contributed by atoms with Crippen LogP contribution in [0, 0.1) is 0 Å². The summed E-state index contributed by atoms with van der Waals surface area (Å²) in [6.07, 6.45) is -1.48. The van der Waals surface area contributed by atoms with E-state index in [2.05, 4.69) is 4.99 Å². The minimum atomic E-state index is -2.80. The van der Waals surface area contributed by atoms with E-state index in [1.165, 1.54) is 0 Å². The van der Waals surface area contributed by atoms with E-state index >= 15 is 0 Å². The maximum Gasteiger partial charge on any atom is 0.336 e. The van der Waals surface area contributed by atoms with Crippen LogP contribution in [0.4, 0.5) is 0 Å². The van der Waals surface area contributed by atoms with Crippen LogP contribution in [0.3, 0.4) is 0 Å². The summed E-state index contributed by atoms with van der Waals surface area (Å²) in [6.45, 7) is 0.420. The number of hydrogen-bond acceptors (Lipinski definition) is 8. The third-order valence-corrected chi connectivity index (χ3v) is 2.56. The fourth-order valence-electron chi connectivity index (χ4n) is 1.35. The van der Waals surface area contributed by atoms with Crippen molar-refractivity contribution in [2.24, 2.45) is 22.2 Å². The fraction of sp³-hybridized carbons (Fsp3) is 0.583. The smallest absolute Gasteiger partial charge is 0.336 e. The van der Waals surface area contributed by atoms with E-state index in [0.29, 0.717) is 19.4 Å². The summed E-state index contributed by atoms with van der Waals surface area (Å²) in [5.41, 5.74) is 12.5. The SMILES string of the molecule is NC(N)=NCCCC(N)C(=O)O.O=C([O-])CC(O)(CC(=O)O)C(=O)O.[OH3+].[OH3+].[Zn]. The van der Waals surface area contributed by atoms with Crippen LogP contribution in [0.5, 0.6) is 0 Å². The third-order valence-electron chi connectivity index (χ3n) is 2.56. The van der Waals surface area contributed by atoms with E-state index in [9.17, 15) is 24.3 Å². The maximum atomic E-state index is 10.3. The molecular formula is C12H27N4O11Zn+. The zero-order valence-corrected chi connectivity index (χ0v) is 18.0. The van der Waals surface area contributed by atoms with Crippen molar-refractivity contribution in [2.45, 2.75) is 37.3 Å². The molecule has 2 unspecified atom stereocenters. The number of aliphatic hydroxyl groups is 1. The second-order valence-corrected chi connectivity index (χ2v) is 4.85. The van der Waals surface area contributed by atoms with Crippen molar-refractivity contribution < 1.29 is 75.1 Å². The van der Waals surface area contributed by atoms with E-state index < -0.39 is 48.4 Å². The summed E-state index contributed by atoms with van der Waals surface area (Å²) in [6, 6.07) is -0.820. The normalized spacial score (nSPS) is 11.9. The second kappa shape index (κ2) is 18.0. The molecular weight excluding hydrogens is 442 g/mol. The molecule has 0 aromatic carbocycles. The van der Waals surface area contributed by atoms with E-state index in [0.717, 1.165) is 0 Å². The molecule has 28 heavy (non-hydrogen) atoms. The van der Waals surface area contributed by atoms with Crippen molar-refractivity contribution in [3.05, 3.63) is 0 Å². The number of aliphatic imine (C=N–C) groups is 1. The van der Waals surface area contributed by atoms with Crippen LogP contribution in [0.1, 0.15) is 25.7 Å². The summed E-state index contributed by atoms with van der Waals surface area (Å²) >= 11 is 0. The number of rotatable bonds is 10. The number of guanidine groups is 1. The molecule has 0 bridgehead atoms. The summed E-state index contributed by atoms with van der Waals surface area (Å²) in [5, 5.41) is 43.9. The molecule has 0 saturated carbocycles. The molecule has 162 valence electrons. The van der Waals surface area contributed by atoms with E-state index in [-0.39, 0.29) is 36.4 Å². The Morgan fingerprint density at radius 2 is 1.50 bits per heavy atom. The summed E-state index contributed by atoms with van der Waals surface area (Å²) in [7, 11) is 0. The Morgan fingerprint density at radius 1 is 1.04 bits per heavy atom. The van der Waals surface area contributed by atoms with Crippen molar-refractivity contribution in [3.8, 4) is 0 Å². The average Bonchev–Trinajstić information content (AvgIpc) is 2.41. The quantitative estimate of drug-likeness (QED) is 0.0517. The Bertz CT molecular complexity index is 510. The van der Waals surface area contributed by atoms with Crippen LogP contribution >= 0.6 is 0 Å². The van der Waals surface area contributed by atoms with Gasteiger partial charge in [0.15, 0.2) is 11.6 Å². The third kappa shape index (κ3) is 19.9. The molecule has 0 aliphatic heterocycles. The number of aliphatic carboxylic acids is 4. The standard InChI is InChI=1S/C6H14N4O2.C6H8O7.2H2O.Zn/c7-4(5(11)12)2-1-3-10-6(8)9;7-3(8)1-6(13,5(11)12)2-4(9)10;;;/h4H,1-3,7H2,(H,11,12)(H4,8,9,10);13H,1-2H2,(H,7,8)(H,9,10)(H,11,12);2*1H2;/p+1. The molecule has 0 spiro atoms. The van der Waals surface area contributed by atoms with Gasteiger partial charge in [-0.15, -0.1) is 0 Å². The Kier molecular flexibility index (Phi) is 23.5. The van der Waals surface area contributed by atoms with Crippen LogP contribution in [0.25, 0.3) is 0 Å². The minimum absolute atomic E-state index is 0. The molecule has 0 fully saturated rings. The van der Waals surface area contributed by atoms with Gasteiger partial charge in [0, 0.05) is 38.4 Å². The van der Waals surface area contributed by atoms with Crippen molar-refractivity contribution in [2.75, 3.05) is 6.54 Å². The molecule has 0 aliphatic rings. The fourth-order valence-corrected chi connectivity index (χ4v) is 1.35. The number of carboxylic acids is 4. The van der Waals surface area contributed by atoms with Gasteiger partial charge in [-0.1, -0.05) is 0 Å². The molecule has 16 N–H and O–H groups in total. The monoisotopic (exact) mass is 467 g/mol. The molecule has 0 rings (SSSR count). The van der Waals surface area contributed by atoms with Crippen molar-refractivity contribution in [3.63, 3.8) is 0 Å². The molecule has 16 heteroatoms. The van der Waals surface area contributed by atoms with Crippen LogP contribution < -0.4 is 22.3 Å². The van der Waals surface area contributed by atoms with Crippen LogP contribution in [-0.2, 0) is 49.6 Å². The molecule has 0 radical (unpaired) electrons. The Balaban J connectivity index is -0.000000114. The van der Waals surface area contributed by atoms with Gasteiger partial charge in [-0.05, 0) is 12.8 Å². The van der Waals surface area contributed by atoms with Gasteiger partial charge in [0.05, 0.1) is 6.42 Å². The first-order chi connectivity index (χ1) is 11.3. The zero-order valence-electron chi connectivity index (χ0n) is 15.0. The summed E-state index contributed by atoms with van der Waals surface area (Å²) in [5.74, 6) is -6.32. The van der Waals surface area contributed by atoms with Gasteiger partial charge in [-0.25, -0.2) is 4.79 Å². The first kappa shape index (κ1) is 36.5. The van der Waals surface area contributed by atoms with Crippen LogP contribution in [-0.4, -0.2) is 68.5 Å². The molecule has 2 atom stereocenters. The molecule has 15 nitrogen and oxygen atoms in total. The molecule has 0 aliphatic carbocycles. The summed E-state index contributed by atoms with van der Waals surface area (Å²) < 4.78 is 0. The Morgan fingerprint density at radius 3 is 1.79 bits per heavy atom. The predicted molar refractivity (Wildman–Crippen MR) is 89.7 cm³/mol. The molecule has 0 amide bonds. The molecule has 0 aromatic rings. The zero-order chi connectivity index (χ0) is 20.2. The summed E-state index contributed by atoms with van der Waals surface area (Å²) in [4.78, 5) is 44.2. The Labute approximate surface area is 171 Å². The largest absolute Gasteiger partial charge is 0.550 e. The van der Waals surface area contributed by atoms with E-state index in [4.69, 9.17) is 37.6 Å². The van der Waals surface area contributed by atoms with Gasteiger partial charge in [-0.2, -0.15) is 0 Å². The first-order valence-corrected chi connectivity index (χ1v) is 6.73. The molecule has 0 saturated heterocycles.